The Morgan fingerprint density at radius 3 is 2.59 bits per heavy atom. The quantitative estimate of drug-likeness (QED) is 0.278. The molecular weight excluding hydrogens is 380 g/mol. The summed E-state index contributed by atoms with van der Waals surface area (Å²) in [5.74, 6) is -1.63. The van der Waals surface area contributed by atoms with Crippen LogP contribution >= 0.6 is 7.82 Å². The van der Waals surface area contributed by atoms with Crippen molar-refractivity contribution < 1.29 is 32.9 Å². The molecule has 1 aromatic carbocycles. The molecule has 0 aliphatic rings. The van der Waals surface area contributed by atoms with Crippen LogP contribution < -0.4 is 20.9 Å². The Labute approximate surface area is 156 Å². The Morgan fingerprint density at radius 1 is 1.30 bits per heavy atom. The van der Waals surface area contributed by atoms with Crippen LogP contribution in [0.5, 0.6) is 5.75 Å². The van der Waals surface area contributed by atoms with E-state index in [1.807, 2.05) is 0 Å². The summed E-state index contributed by atoms with van der Waals surface area (Å²) >= 11 is 0. The van der Waals surface area contributed by atoms with Crippen molar-refractivity contribution in [3.63, 3.8) is 0 Å². The molecule has 0 radical (unpaired) electrons. The van der Waals surface area contributed by atoms with Crippen LogP contribution in [0.15, 0.2) is 18.2 Å². The predicted octanol–water partition coefficient (Wildman–Crippen LogP) is 1.76. The van der Waals surface area contributed by atoms with Gasteiger partial charge in [0, 0.05) is 13.0 Å². The number of hydrogen-bond donors (Lipinski definition) is 5. The van der Waals surface area contributed by atoms with Gasteiger partial charge in [-0.3, -0.25) is 19.4 Å². The summed E-state index contributed by atoms with van der Waals surface area (Å²) in [4.78, 5) is 41.7. The number of rotatable bonds is 11. The van der Waals surface area contributed by atoms with E-state index in [2.05, 4.69) is 15.2 Å². The molecule has 1 unspecified atom stereocenters. The van der Waals surface area contributed by atoms with Crippen molar-refractivity contribution in [2.75, 3.05) is 18.4 Å². The average molecular weight is 405 g/mol. The van der Waals surface area contributed by atoms with Crippen molar-refractivity contribution in [3.05, 3.63) is 23.8 Å². The first-order valence-corrected chi connectivity index (χ1v) is 10.0. The monoisotopic (exact) mass is 405 g/mol. The van der Waals surface area contributed by atoms with Crippen molar-refractivity contribution in [1.29, 1.82) is 0 Å². The Hall–Kier alpha value is -2.00. The molecule has 1 aromatic rings. The number of alkyl halides is 1. The minimum Gasteiger partial charge on any atom is -0.402 e. The molecule has 0 bridgehead atoms. The predicted molar refractivity (Wildman–Crippen MR) is 97.8 cm³/mol. The first-order valence-electron chi connectivity index (χ1n) is 8.48. The standard InChI is InChI=1S/C16H25FN3O6P/c1-2-19-16(22)15(17)11-7-8-13(26-27(23,24)25)12(10-11)20-14(21)6-4-3-5-9-18/h7-8,10,15H,2-6,9,18H2,1H3,(H,19,22)(H,20,21)(H2,23,24,25). The van der Waals surface area contributed by atoms with Gasteiger partial charge < -0.3 is 20.9 Å². The first kappa shape index (κ1) is 23.0. The third kappa shape index (κ3) is 8.49. The highest BCUT2D eigenvalue weighted by molar-refractivity contribution is 7.46. The molecule has 27 heavy (non-hydrogen) atoms. The van der Waals surface area contributed by atoms with E-state index < -0.39 is 25.8 Å². The zero-order valence-electron chi connectivity index (χ0n) is 15.0. The number of anilines is 1. The molecule has 0 saturated carbocycles. The van der Waals surface area contributed by atoms with Crippen LogP contribution in [0.3, 0.4) is 0 Å². The Bertz CT molecular complexity index is 697. The highest BCUT2D eigenvalue weighted by Crippen LogP contribution is 2.42. The number of likely N-dealkylation sites (N-methyl/N-ethyl adjacent to an activating group) is 1. The molecule has 2 amide bonds. The van der Waals surface area contributed by atoms with Crippen molar-refractivity contribution in [2.45, 2.75) is 38.8 Å². The number of amides is 2. The molecule has 0 heterocycles. The lowest BCUT2D eigenvalue weighted by molar-refractivity contribution is -0.126. The highest BCUT2D eigenvalue weighted by Gasteiger charge is 2.24. The second kappa shape index (κ2) is 11.0. The van der Waals surface area contributed by atoms with E-state index in [0.717, 1.165) is 31.0 Å². The summed E-state index contributed by atoms with van der Waals surface area (Å²) in [6, 6.07) is 3.36. The van der Waals surface area contributed by atoms with Crippen LogP contribution in [0.4, 0.5) is 10.1 Å². The zero-order valence-corrected chi connectivity index (χ0v) is 15.9. The summed E-state index contributed by atoms with van der Waals surface area (Å²) in [7, 11) is -4.89. The fourth-order valence-electron chi connectivity index (χ4n) is 2.25. The van der Waals surface area contributed by atoms with E-state index in [1.165, 1.54) is 0 Å². The lowest BCUT2D eigenvalue weighted by Crippen LogP contribution is -2.27. The maximum absolute atomic E-state index is 14.3. The zero-order chi connectivity index (χ0) is 20.4. The van der Waals surface area contributed by atoms with Gasteiger partial charge >= 0.3 is 7.82 Å². The van der Waals surface area contributed by atoms with Crippen LogP contribution in [0.1, 0.15) is 44.3 Å². The van der Waals surface area contributed by atoms with Crippen LogP contribution in [0, 0.1) is 0 Å². The molecule has 0 spiro atoms. The van der Waals surface area contributed by atoms with Crippen molar-refractivity contribution in [1.82, 2.24) is 5.32 Å². The van der Waals surface area contributed by atoms with Crippen LogP contribution in [0.25, 0.3) is 0 Å². The first-order chi connectivity index (χ1) is 12.7. The molecular formula is C16H25FN3O6P. The largest absolute Gasteiger partial charge is 0.524 e. The van der Waals surface area contributed by atoms with Gasteiger partial charge in [-0.2, -0.15) is 0 Å². The third-order valence-electron chi connectivity index (χ3n) is 3.48. The summed E-state index contributed by atoms with van der Waals surface area (Å²) < 4.78 is 29.9. The van der Waals surface area contributed by atoms with E-state index in [9.17, 15) is 18.5 Å². The number of unbranched alkanes of at least 4 members (excludes halogenated alkanes) is 2. The Balaban J connectivity index is 3.00. The van der Waals surface area contributed by atoms with E-state index in [1.54, 1.807) is 6.92 Å². The normalized spacial score (nSPS) is 12.3. The third-order valence-corrected chi connectivity index (χ3v) is 3.91. The summed E-state index contributed by atoms with van der Waals surface area (Å²) in [6.45, 7) is 2.39. The number of nitrogens with one attached hydrogen (secondary N) is 2. The van der Waals surface area contributed by atoms with Crippen LogP contribution in [-0.2, 0) is 14.2 Å². The minimum absolute atomic E-state index is 0.0857. The number of hydrogen-bond acceptors (Lipinski definition) is 5. The molecule has 0 aromatic heterocycles. The van der Waals surface area contributed by atoms with E-state index in [0.29, 0.717) is 13.0 Å². The van der Waals surface area contributed by atoms with E-state index in [-0.39, 0.29) is 30.0 Å². The van der Waals surface area contributed by atoms with Gasteiger partial charge in [0.05, 0.1) is 5.69 Å². The van der Waals surface area contributed by atoms with Crippen LogP contribution in [0.2, 0.25) is 0 Å². The molecule has 9 nitrogen and oxygen atoms in total. The summed E-state index contributed by atoms with van der Waals surface area (Å²) in [5.41, 5.74) is 5.16. The molecule has 1 atom stereocenters. The lowest BCUT2D eigenvalue weighted by Gasteiger charge is -2.16. The molecule has 0 fully saturated rings. The summed E-state index contributed by atoms with van der Waals surface area (Å²) in [6.07, 6.45) is 0.233. The second-order valence-electron chi connectivity index (χ2n) is 5.74. The maximum atomic E-state index is 14.3. The van der Waals surface area contributed by atoms with Gasteiger partial charge in [0.25, 0.3) is 5.91 Å². The number of carbonyl (C=O) groups excluding carboxylic acids is 2. The van der Waals surface area contributed by atoms with Crippen molar-refractivity contribution >= 4 is 25.3 Å². The number of phosphoric ester groups is 1. The van der Waals surface area contributed by atoms with Gasteiger partial charge in [-0.15, -0.1) is 0 Å². The van der Waals surface area contributed by atoms with Crippen LogP contribution in [-0.4, -0.2) is 34.7 Å². The molecule has 11 heteroatoms. The highest BCUT2D eigenvalue weighted by atomic mass is 31.2. The van der Waals surface area contributed by atoms with Crippen molar-refractivity contribution in [3.8, 4) is 5.75 Å². The van der Waals surface area contributed by atoms with Gasteiger partial charge in [0.15, 0.2) is 5.75 Å². The molecule has 0 aliphatic heterocycles. The molecule has 0 aliphatic carbocycles. The number of nitrogens with two attached hydrogens (primary N) is 1. The molecule has 152 valence electrons. The van der Waals surface area contributed by atoms with Gasteiger partial charge in [-0.05, 0) is 44.0 Å². The van der Waals surface area contributed by atoms with Gasteiger partial charge in [0.1, 0.15) is 0 Å². The summed E-state index contributed by atoms with van der Waals surface area (Å²) in [5, 5.41) is 4.77. The number of benzene rings is 1. The fourth-order valence-corrected chi connectivity index (χ4v) is 2.66. The molecule has 1 rings (SSSR count). The SMILES string of the molecule is CCNC(=O)C(F)c1ccc(OP(=O)(O)O)c(NC(=O)CCCCCN)c1. The second-order valence-corrected chi connectivity index (χ2v) is 6.91. The molecule has 6 N–H and O–H groups in total. The van der Waals surface area contributed by atoms with Gasteiger partial charge in [-0.25, -0.2) is 8.96 Å². The minimum atomic E-state index is -4.89. The fraction of sp³-hybridized carbons (Fsp3) is 0.500. The van der Waals surface area contributed by atoms with E-state index in [4.69, 9.17) is 15.5 Å². The number of halogens is 1. The van der Waals surface area contributed by atoms with Gasteiger partial charge in [-0.1, -0.05) is 12.5 Å². The lowest BCUT2D eigenvalue weighted by atomic mass is 10.1. The Kier molecular flexibility index (Phi) is 9.37. The van der Waals surface area contributed by atoms with Gasteiger partial charge in [0.2, 0.25) is 12.1 Å². The Morgan fingerprint density at radius 2 is 2.00 bits per heavy atom. The van der Waals surface area contributed by atoms with E-state index >= 15 is 0 Å². The molecule has 0 saturated heterocycles. The number of carbonyl (C=O) groups is 2. The smallest absolute Gasteiger partial charge is 0.402 e. The van der Waals surface area contributed by atoms with Crippen molar-refractivity contribution in [2.24, 2.45) is 5.73 Å². The number of phosphoric acid groups is 1. The topological polar surface area (TPSA) is 151 Å². The average Bonchev–Trinajstić information content (AvgIpc) is 2.58. The maximum Gasteiger partial charge on any atom is 0.524 e.